The van der Waals surface area contributed by atoms with Gasteiger partial charge in [-0.15, -0.1) is 0 Å². The van der Waals surface area contributed by atoms with E-state index < -0.39 is 68.8 Å². The maximum Gasteiger partial charge on any atom is 0.407 e. The highest BCUT2D eigenvalue weighted by atomic mass is 28.3. The van der Waals surface area contributed by atoms with Crippen molar-refractivity contribution in [1.82, 2.24) is 20.4 Å². The molecule has 7 rings (SSSR count). The van der Waals surface area contributed by atoms with Crippen LogP contribution in [0.4, 0.5) is 36.7 Å². The van der Waals surface area contributed by atoms with Crippen LogP contribution in [0.1, 0.15) is 75.6 Å². The quantitative estimate of drug-likeness (QED) is 0.0906. The van der Waals surface area contributed by atoms with E-state index in [-0.39, 0.29) is 29.7 Å². The standard InChI is InChI=1S/C52H73FN8O10Si/c1-32(68-3)45(56-51(66)70-5)49(64)59-25-9-11-43(59)47(62)54-36-17-13-34(14-18-36)40-23-24-41(61(40)38-21-22-42(39(53)31-38)58-27-29-72(7,8)30-28-58)35-15-19-37(20-16-35)55-48(63)44-12-10-26-60(44)50(65)46(33(2)69-4)57-52(67)71-6/h13-22,31-33,40-41,43-46,49,64H,9-12,23-30H2,1-8H3,(H,54,62)(H,55,63)(H,56,66)(H,57,67)/t32-,33-,40-,41-,43+,44+,45+,46+,49?/m1/s1. The molecule has 4 saturated heterocycles. The zero-order chi connectivity index (χ0) is 51.9. The fraction of sp³-hybridized carbons (Fsp3) is 0.558. The summed E-state index contributed by atoms with van der Waals surface area (Å²) in [5.41, 5.74) is 4.43. The van der Waals surface area contributed by atoms with E-state index in [1.807, 2.05) is 60.7 Å². The van der Waals surface area contributed by atoms with Crippen LogP contribution in [0, 0.1) is 5.82 Å². The predicted octanol–water partition coefficient (Wildman–Crippen LogP) is 6.61. The van der Waals surface area contributed by atoms with Crippen LogP contribution in [0.15, 0.2) is 66.7 Å². The Morgan fingerprint density at radius 2 is 1.21 bits per heavy atom. The van der Waals surface area contributed by atoms with E-state index in [0.29, 0.717) is 55.8 Å². The molecule has 4 heterocycles. The highest BCUT2D eigenvalue weighted by Gasteiger charge is 2.43. The normalized spacial score (nSPS) is 23.1. The lowest BCUT2D eigenvalue weighted by Gasteiger charge is -2.38. The first-order valence-corrected chi connectivity index (χ1v) is 28.5. The molecule has 18 nitrogen and oxygen atoms in total. The zero-order valence-corrected chi connectivity index (χ0v) is 43.8. The van der Waals surface area contributed by atoms with Crippen molar-refractivity contribution < 1.29 is 52.4 Å². The predicted molar refractivity (Wildman–Crippen MR) is 275 cm³/mol. The average molecular weight is 1020 g/mol. The number of amides is 5. The third-order valence-corrected chi connectivity index (χ3v) is 18.4. The molecule has 5 amide bonds. The Bertz CT molecular complexity index is 2370. The number of hydrogen-bond acceptors (Lipinski definition) is 13. The van der Waals surface area contributed by atoms with Gasteiger partial charge in [-0.3, -0.25) is 19.3 Å². The van der Waals surface area contributed by atoms with Gasteiger partial charge < -0.3 is 60.0 Å². The summed E-state index contributed by atoms with van der Waals surface area (Å²) < 4.78 is 36.7. The number of carbonyl (C=O) groups excluding carboxylic acids is 5. The smallest absolute Gasteiger partial charge is 0.407 e. The van der Waals surface area contributed by atoms with Gasteiger partial charge in [0.05, 0.1) is 64.4 Å². The van der Waals surface area contributed by atoms with Crippen molar-refractivity contribution in [3.05, 3.63) is 83.7 Å². The number of rotatable bonds is 17. The van der Waals surface area contributed by atoms with Crippen LogP contribution in [0.5, 0.6) is 0 Å². The molecule has 0 bridgehead atoms. The molecule has 0 spiro atoms. The van der Waals surface area contributed by atoms with E-state index in [1.54, 1.807) is 24.8 Å². The Hall–Kier alpha value is -5.80. The van der Waals surface area contributed by atoms with E-state index >= 15 is 4.39 Å². The van der Waals surface area contributed by atoms with Gasteiger partial charge in [-0.05, 0) is 118 Å². The van der Waals surface area contributed by atoms with Gasteiger partial charge in [0.1, 0.15) is 24.1 Å². The van der Waals surface area contributed by atoms with Gasteiger partial charge in [-0.1, -0.05) is 37.4 Å². The minimum Gasteiger partial charge on any atom is -0.453 e. The van der Waals surface area contributed by atoms with Gasteiger partial charge in [0.25, 0.3) is 0 Å². The number of methoxy groups -OCH3 is 4. The van der Waals surface area contributed by atoms with E-state index in [4.69, 9.17) is 18.9 Å². The van der Waals surface area contributed by atoms with E-state index in [2.05, 4.69) is 44.2 Å². The number of benzene rings is 3. The monoisotopic (exact) mass is 1020 g/mol. The fourth-order valence-corrected chi connectivity index (χ4v) is 12.7. The first-order chi connectivity index (χ1) is 34.5. The molecule has 4 aliphatic rings. The molecule has 72 heavy (non-hydrogen) atoms. The highest BCUT2D eigenvalue weighted by Crippen LogP contribution is 2.48. The van der Waals surface area contributed by atoms with Crippen molar-refractivity contribution in [2.75, 3.05) is 75.1 Å². The largest absolute Gasteiger partial charge is 0.453 e. The number of halogens is 1. The zero-order valence-electron chi connectivity index (χ0n) is 42.8. The molecule has 0 aliphatic carbocycles. The number of ether oxygens (including phenoxy) is 4. The van der Waals surface area contributed by atoms with Crippen molar-refractivity contribution in [2.45, 2.75) is 132 Å². The minimum atomic E-state index is -1.28. The lowest BCUT2D eigenvalue weighted by Crippen LogP contribution is -2.59. The molecule has 4 fully saturated rings. The summed E-state index contributed by atoms with van der Waals surface area (Å²) >= 11 is 0. The molecule has 9 atom stereocenters. The molecule has 5 N–H and O–H groups in total. The van der Waals surface area contributed by atoms with Crippen LogP contribution in [-0.4, -0.2) is 150 Å². The maximum absolute atomic E-state index is 16.4. The third-order valence-electron chi connectivity index (χ3n) is 15.2. The third kappa shape index (κ3) is 12.3. The van der Waals surface area contributed by atoms with Crippen LogP contribution >= 0.6 is 0 Å². The second-order valence-electron chi connectivity index (χ2n) is 20.2. The summed E-state index contributed by atoms with van der Waals surface area (Å²) in [6, 6.07) is 19.5. The summed E-state index contributed by atoms with van der Waals surface area (Å²) in [5, 5.41) is 22.7. The molecule has 20 heteroatoms. The Kier molecular flexibility index (Phi) is 17.9. The SMILES string of the molecule is COC(=O)N[C@H](C(=O)N1CCC[C@H]1C(=O)Nc1ccc([C@H]2CC[C@H](c3ccc(NC(=O)[C@@H]4CCCN4C(O)[C@@H](NC(=O)OC)[C@@H](C)OC)cc3)N2c2ccc(N3CC[Si](C)(C)CC3)c(F)c2)cc1)[C@@H](C)OC. The van der Waals surface area contributed by atoms with Gasteiger partial charge in [0.2, 0.25) is 17.7 Å². The van der Waals surface area contributed by atoms with Crippen molar-refractivity contribution in [3.63, 3.8) is 0 Å². The van der Waals surface area contributed by atoms with Crippen LogP contribution < -0.4 is 31.1 Å². The van der Waals surface area contributed by atoms with Gasteiger partial charge in [0, 0.05) is 57.5 Å². The lowest BCUT2D eigenvalue weighted by atomic mass is 10.0. The number of carbonyl (C=O) groups is 5. The van der Waals surface area contributed by atoms with Gasteiger partial charge in [0.15, 0.2) is 0 Å². The van der Waals surface area contributed by atoms with E-state index in [9.17, 15) is 29.1 Å². The number of alkyl carbamates (subject to hydrolysis) is 2. The number of likely N-dealkylation sites (tertiary alicyclic amines) is 2. The molecule has 0 aromatic heterocycles. The van der Waals surface area contributed by atoms with E-state index in [0.717, 1.165) is 54.8 Å². The summed E-state index contributed by atoms with van der Waals surface area (Å²) in [7, 11) is 4.09. The van der Waals surface area contributed by atoms with Crippen molar-refractivity contribution in [1.29, 1.82) is 0 Å². The summed E-state index contributed by atoms with van der Waals surface area (Å²) in [6.07, 6.45) is -0.209. The van der Waals surface area contributed by atoms with Crippen molar-refractivity contribution >= 4 is 60.7 Å². The Balaban J connectivity index is 1.09. The number of nitrogens with one attached hydrogen (secondary N) is 4. The van der Waals surface area contributed by atoms with Gasteiger partial charge in [-0.2, -0.15) is 0 Å². The molecular formula is C52H73FN8O10Si. The lowest BCUT2D eigenvalue weighted by molar-refractivity contribution is -0.141. The van der Waals surface area contributed by atoms with Gasteiger partial charge in [-0.25, -0.2) is 14.0 Å². The summed E-state index contributed by atoms with van der Waals surface area (Å²) in [5.74, 6) is -1.33. The Morgan fingerprint density at radius 1 is 0.681 bits per heavy atom. The molecule has 0 saturated carbocycles. The van der Waals surface area contributed by atoms with Crippen LogP contribution in [0.3, 0.4) is 0 Å². The molecule has 392 valence electrons. The van der Waals surface area contributed by atoms with Crippen LogP contribution in [0.25, 0.3) is 0 Å². The second kappa shape index (κ2) is 23.8. The first-order valence-electron chi connectivity index (χ1n) is 25.1. The second-order valence-corrected chi connectivity index (χ2v) is 25.5. The Labute approximate surface area is 423 Å². The number of aliphatic hydroxyl groups excluding tert-OH is 1. The Morgan fingerprint density at radius 3 is 1.75 bits per heavy atom. The van der Waals surface area contributed by atoms with Crippen molar-refractivity contribution in [2.24, 2.45) is 0 Å². The molecule has 1 unspecified atom stereocenters. The summed E-state index contributed by atoms with van der Waals surface area (Å²) in [4.78, 5) is 73.2. The van der Waals surface area contributed by atoms with Crippen molar-refractivity contribution in [3.8, 4) is 0 Å². The van der Waals surface area contributed by atoms with Gasteiger partial charge >= 0.3 is 12.2 Å². The number of anilines is 4. The number of nitrogens with zero attached hydrogens (tertiary/aromatic N) is 4. The topological polar surface area (TPSA) is 204 Å². The molecule has 0 radical (unpaired) electrons. The average Bonchev–Trinajstić information content (AvgIpc) is 4.18. The summed E-state index contributed by atoms with van der Waals surface area (Å²) in [6.45, 7) is 10.6. The number of hydrogen-bond donors (Lipinski definition) is 5. The molecule has 3 aromatic carbocycles. The molecule has 3 aromatic rings. The maximum atomic E-state index is 16.4. The molecular weight excluding hydrogens is 944 g/mol. The number of aliphatic hydroxyl groups is 1. The van der Waals surface area contributed by atoms with E-state index in [1.165, 1.54) is 33.3 Å². The molecule has 4 aliphatic heterocycles. The highest BCUT2D eigenvalue weighted by molar-refractivity contribution is 6.77. The minimum absolute atomic E-state index is 0.155. The van der Waals surface area contributed by atoms with Crippen LogP contribution in [0.2, 0.25) is 25.2 Å². The first kappa shape index (κ1) is 54.0. The van der Waals surface area contributed by atoms with Crippen LogP contribution in [-0.2, 0) is 33.3 Å². The fourth-order valence-electron chi connectivity index (χ4n) is 10.7.